The van der Waals surface area contributed by atoms with Gasteiger partial charge in [-0.2, -0.15) is 0 Å². The predicted octanol–water partition coefficient (Wildman–Crippen LogP) is 2.98. The molecule has 1 atom stereocenters. The number of nitrogens with zero attached hydrogens (tertiary/aromatic N) is 2. The third-order valence-corrected chi connectivity index (χ3v) is 4.30. The van der Waals surface area contributed by atoms with Crippen LogP contribution in [0.2, 0.25) is 5.02 Å². The van der Waals surface area contributed by atoms with Crippen molar-refractivity contribution in [2.75, 3.05) is 18.0 Å². The van der Waals surface area contributed by atoms with Gasteiger partial charge in [-0.15, -0.1) is 0 Å². The van der Waals surface area contributed by atoms with Crippen molar-refractivity contribution in [2.24, 2.45) is 0 Å². The van der Waals surface area contributed by atoms with Gasteiger partial charge in [0.05, 0.1) is 6.42 Å². The number of hydrogen-bond donors (Lipinski definition) is 1. The van der Waals surface area contributed by atoms with Gasteiger partial charge in [-0.3, -0.25) is 9.78 Å². The zero-order valence-corrected chi connectivity index (χ0v) is 13.9. The highest BCUT2D eigenvalue weighted by Crippen LogP contribution is 2.23. The second-order valence-electron chi connectivity index (χ2n) is 5.96. The second-order valence-corrected chi connectivity index (χ2v) is 6.40. The number of anilines is 1. The molecule has 0 radical (unpaired) electrons. The van der Waals surface area contributed by atoms with Crippen LogP contribution in [0.4, 0.5) is 5.69 Å². The normalized spacial score (nSPS) is 17.3. The zero-order chi connectivity index (χ0) is 16.2. The second kappa shape index (κ2) is 7.01. The van der Waals surface area contributed by atoms with Crippen molar-refractivity contribution < 1.29 is 4.79 Å². The fraction of sp³-hybridized carbons (Fsp3) is 0.333. The lowest BCUT2D eigenvalue weighted by molar-refractivity contribution is -0.121. The van der Waals surface area contributed by atoms with Gasteiger partial charge in [0.2, 0.25) is 5.91 Å². The molecule has 3 rings (SSSR count). The van der Waals surface area contributed by atoms with Crippen LogP contribution in [0.15, 0.2) is 42.6 Å². The number of halogens is 1. The third-order valence-electron chi connectivity index (χ3n) is 4.06. The van der Waals surface area contributed by atoms with E-state index in [0.29, 0.717) is 6.42 Å². The van der Waals surface area contributed by atoms with Gasteiger partial charge < -0.3 is 10.2 Å². The molecule has 1 aliphatic rings. The van der Waals surface area contributed by atoms with Gasteiger partial charge in [0.15, 0.2) is 0 Å². The number of nitrogens with one attached hydrogen (secondary N) is 1. The summed E-state index contributed by atoms with van der Waals surface area (Å²) < 4.78 is 0. The van der Waals surface area contributed by atoms with Gasteiger partial charge in [-0.05, 0) is 43.2 Å². The fourth-order valence-electron chi connectivity index (χ4n) is 2.85. The van der Waals surface area contributed by atoms with Crippen LogP contribution in [-0.4, -0.2) is 30.0 Å². The summed E-state index contributed by atoms with van der Waals surface area (Å²) in [5.41, 5.74) is 3.01. The van der Waals surface area contributed by atoms with Crippen LogP contribution in [0.5, 0.6) is 0 Å². The third kappa shape index (κ3) is 4.23. The van der Waals surface area contributed by atoms with Gasteiger partial charge in [0, 0.05) is 41.7 Å². The van der Waals surface area contributed by atoms with E-state index in [1.807, 2.05) is 43.3 Å². The number of carbonyl (C=O) groups is 1. The molecule has 1 fully saturated rings. The molecule has 1 N–H and O–H groups in total. The lowest BCUT2D eigenvalue weighted by Crippen LogP contribution is -2.38. The topological polar surface area (TPSA) is 45.2 Å². The first-order valence-corrected chi connectivity index (χ1v) is 8.19. The summed E-state index contributed by atoms with van der Waals surface area (Å²) >= 11 is 6.04. The molecule has 1 aliphatic heterocycles. The molecule has 0 unspecified atom stereocenters. The van der Waals surface area contributed by atoms with Crippen molar-refractivity contribution in [3.05, 3.63) is 58.9 Å². The number of aryl methyl sites for hydroxylation is 1. The average Bonchev–Trinajstić information content (AvgIpc) is 2.98. The number of benzene rings is 1. The summed E-state index contributed by atoms with van der Waals surface area (Å²) in [6, 6.07) is 11.9. The summed E-state index contributed by atoms with van der Waals surface area (Å²) in [5.74, 6) is 0.0496. The van der Waals surface area contributed by atoms with Crippen LogP contribution in [0.1, 0.15) is 17.7 Å². The Morgan fingerprint density at radius 2 is 2.26 bits per heavy atom. The van der Waals surface area contributed by atoms with Crippen molar-refractivity contribution in [1.29, 1.82) is 0 Å². The van der Waals surface area contributed by atoms with Gasteiger partial charge >= 0.3 is 0 Å². The molecule has 0 saturated carbocycles. The van der Waals surface area contributed by atoms with E-state index in [-0.39, 0.29) is 11.9 Å². The highest BCUT2D eigenvalue weighted by molar-refractivity contribution is 6.30. The number of pyridine rings is 1. The summed E-state index contributed by atoms with van der Waals surface area (Å²) in [4.78, 5) is 18.6. The fourth-order valence-corrected chi connectivity index (χ4v) is 3.04. The SMILES string of the molecule is Cc1ccc(CC(=O)N[C@H]2CCN(c3cccc(Cl)c3)C2)cn1. The first-order chi connectivity index (χ1) is 11.1. The highest BCUT2D eigenvalue weighted by Gasteiger charge is 2.24. The molecule has 4 nitrogen and oxygen atoms in total. The molecule has 1 aromatic carbocycles. The quantitative estimate of drug-likeness (QED) is 0.938. The monoisotopic (exact) mass is 329 g/mol. The molecule has 1 saturated heterocycles. The van der Waals surface area contributed by atoms with Gasteiger partial charge in [-0.25, -0.2) is 0 Å². The Labute approximate surface area is 141 Å². The first-order valence-electron chi connectivity index (χ1n) is 7.81. The van der Waals surface area contributed by atoms with E-state index in [9.17, 15) is 4.79 Å². The molecular formula is C18H20ClN3O. The highest BCUT2D eigenvalue weighted by atomic mass is 35.5. The van der Waals surface area contributed by atoms with Crippen LogP contribution in [0.25, 0.3) is 0 Å². The maximum Gasteiger partial charge on any atom is 0.224 e. The molecule has 0 aliphatic carbocycles. The molecule has 0 bridgehead atoms. The van der Waals surface area contributed by atoms with E-state index in [1.165, 1.54) is 0 Å². The van der Waals surface area contributed by atoms with E-state index >= 15 is 0 Å². The van der Waals surface area contributed by atoms with Crippen LogP contribution < -0.4 is 10.2 Å². The van der Waals surface area contributed by atoms with Gasteiger partial charge in [0.25, 0.3) is 0 Å². The Bertz CT molecular complexity index is 687. The summed E-state index contributed by atoms with van der Waals surface area (Å²) in [7, 11) is 0. The lowest BCUT2D eigenvalue weighted by Gasteiger charge is -2.19. The molecule has 1 aromatic heterocycles. The van der Waals surface area contributed by atoms with E-state index in [0.717, 1.165) is 41.5 Å². The van der Waals surface area contributed by atoms with Crippen LogP contribution in [-0.2, 0) is 11.2 Å². The molecule has 2 heterocycles. The average molecular weight is 330 g/mol. The van der Waals surface area contributed by atoms with Crippen LogP contribution in [0, 0.1) is 6.92 Å². The van der Waals surface area contributed by atoms with Crippen molar-refractivity contribution in [2.45, 2.75) is 25.8 Å². The minimum absolute atomic E-state index is 0.0496. The Morgan fingerprint density at radius 1 is 1.39 bits per heavy atom. The Kier molecular flexibility index (Phi) is 4.82. The number of rotatable bonds is 4. The summed E-state index contributed by atoms with van der Waals surface area (Å²) in [6.45, 7) is 3.68. The summed E-state index contributed by atoms with van der Waals surface area (Å²) in [6.07, 6.45) is 3.09. The molecule has 1 amide bonds. The maximum atomic E-state index is 12.2. The largest absolute Gasteiger partial charge is 0.369 e. The van der Waals surface area contributed by atoms with E-state index in [4.69, 9.17) is 11.6 Å². The van der Waals surface area contributed by atoms with E-state index in [2.05, 4.69) is 15.2 Å². The first kappa shape index (κ1) is 15.8. The molecule has 2 aromatic rings. The number of aromatic nitrogens is 1. The van der Waals surface area contributed by atoms with Crippen molar-refractivity contribution in [1.82, 2.24) is 10.3 Å². The van der Waals surface area contributed by atoms with Crippen LogP contribution >= 0.6 is 11.6 Å². The predicted molar refractivity (Wildman–Crippen MR) is 92.9 cm³/mol. The van der Waals surface area contributed by atoms with Crippen LogP contribution in [0.3, 0.4) is 0 Å². The molecule has 120 valence electrons. The molecule has 23 heavy (non-hydrogen) atoms. The lowest BCUT2D eigenvalue weighted by atomic mass is 10.1. The van der Waals surface area contributed by atoms with Crippen molar-refractivity contribution in [3.8, 4) is 0 Å². The number of hydrogen-bond acceptors (Lipinski definition) is 3. The van der Waals surface area contributed by atoms with Gasteiger partial charge in [-0.1, -0.05) is 23.7 Å². The molecule has 0 spiro atoms. The van der Waals surface area contributed by atoms with E-state index in [1.54, 1.807) is 6.20 Å². The van der Waals surface area contributed by atoms with Gasteiger partial charge in [0.1, 0.15) is 0 Å². The Morgan fingerprint density at radius 3 is 3.00 bits per heavy atom. The van der Waals surface area contributed by atoms with E-state index < -0.39 is 0 Å². The van der Waals surface area contributed by atoms with Crippen molar-refractivity contribution >= 4 is 23.2 Å². The smallest absolute Gasteiger partial charge is 0.224 e. The van der Waals surface area contributed by atoms with Crippen molar-refractivity contribution in [3.63, 3.8) is 0 Å². The number of carbonyl (C=O) groups excluding carboxylic acids is 1. The number of amides is 1. The molecule has 5 heteroatoms. The Balaban J connectivity index is 1.53. The minimum atomic E-state index is 0.0496. The molecular weight excluding hydrogens is 310 g/mol. The zero-order valence-electron chi connectivity index (χ0n) is 13.1. The maximum absolute atomic E-state index is 12.2. The standard InChI is InChI=1S/C18H20ClN3O/c1-13-5-6-14(11-20-13)9-18(23)21-16-7-8-22(12-16)17-4-2-3-15(19)10-17/h2-6,10-11,16H,7-9,12H2,1H3,(H,21,23)/t16-/m0/s1. The summed E-state index contributed by atoms with van der Waals surface area (Å²) in [5, 5.41) is 3.85. The Hall–Kier alpha value is -2.07. The minimum Gasteiger partial charge on any atom is -0.369 e.